The molecule has 3 aromatic rings. The Bertz CT molecular complexity index is 1290. The first-order valence-electron chi connectivity index (χ1n) is 10.8. The molecule has 0 bridgehead atoms. The van der Waals surface area contributed by atoms with Crippen LogP contribution in [0.25, 0.3) is 0 Å². The van der Waals surface area contributed by atoms with Crippen LogP contribution in [0.1, 0.15) is 38.9 Å². The molecule has 1 unspecified atom stereocenters. The maximum atomic E-state index is 13.4. The van der Waals surface area contributed by atoms with Gasteiger partial charge in [-0.15, -0.1) is 0 Å². The highest BCUT2D eigenvalue weighted by atomic mass is 35.5. The van der Waals surface area contributed by atoms with Crippen molar-refractivity contribution in [2.45, 2.75) is 25.2 Å². The standard InChI is InChI=1S/C24H22ClF3N4O4/c1-35-19-8-7-14(11-20(19)36-2)23(34)31-10-9-17(30-22(33)15-5-3-4-6-16(15)25)21-18(31)12-29-32(21)13-24(26,27)28/h3-8,11-12,17H,9-10,13H2,1-2H3,(H,30,33). The second-order valence-electron chi connectivity index (χ2n) is 8.01. The van der Waals surface area contributed by atoms with Crippen molar-refractivity contribution in [2.75, 3.05) is 25.7 Å². The second kappa shape index (κ2) is 10.1. The van der Waals surface area contributed by atoms with Crippen LogP contribution in [0.5, 0.6) is 11.5 Å². The topological polar surface area (TPSA) is 85.7 Å². The Balaban J connectivity index is 1.69. The molecule has 0 radical (unpaired) electrons. The third-order valence-electron chi connectivity index (χ3n) is 5.75. The van der Waals surface area contributed by atoms with Crippen LogP contribution in [0, 0.1) is 0 Å². The molecule has 0 spiro atoms. The van der Waals surface area contributed by atoms with Gasteiger partial charge in [0.25, 0.3) is 11.8 Å². The molecule has 1 aliphatic rings. The number of halogens is 4. The first-order valence-corrected chi connectivity index (χ1v) is 11.2. The number of nitrogens with one attached hydrogen (secondary N) is 1. The summed E-state index contributed by atoms with van der Waals surface area (Å²) in [4.78, 5) is 27.6. The molecule has 2 heterocycles. The molecule has 1 aliphatic heterocycles. The molecule has 0 fully saturated rings. The third-order valence-corrected chi connectivity index (χ3v) is 6.08. The fraction of sp³-hybridized carbons (Fsp3) is 0.292. The number of anilines is 1. The van der Waals surface area contributed by atoms with Gasteiger partial charge in [-0.05, 0) is 36.8 Å². The summed E-state index contributed by atoms with van der Waals surface area (Å²) in [6.45, 7) is -1.25. The molecule has 1 aromatic heterocycles. The Kier molecular flexibility index (Phi) is 7.11. The summed E-state index contributed by atoms with van der Waals surface area (Å²) in [7, 11) is 2.89. The van der Waals surface area contributed by atoms with Gasteiger partial charge < -0.3 is 19.7 Å². The zero-order valence-electron chi connectivity index (χ0n) is 19.3. The van der Waals surface area contributed by atoms with Crippen LogP contribution in [0.3, 0.4) is 0 Å². The van der Waals surface area contributed by atoms with Crippen molar-refractivity contribution in [3.63, 3.8) is 0 Å². The Morgan fingerprint density at radius 2 is 1.86 bits per heavy atom. The highest BCUT2D eigenvalue weighted by Gasteiger charge is 2.37. The maximum absolute atomic E-state index is 13.4. The van der Waals surface area contributed by atoms with Gasteiger partial charge in [-0.25, -0.2) is 0 Å². The van der Waals surface area contributed by atoms with Gasteiger partial charge in [-0.3, -0.25) is 14.3 Å². The van der Waals surface area contributed by atoms with Gasteiger partial charge in [0, 0.05) is 12.1 Å². The first kappa shape index (κ1) is 25.4. The van der Waals surface area contributed by atoms with Gasteiger partial charge in [0.2, 0.25) is 0 Å². The van der Waals surface area contributed by atoms with E-state index in [-0.39, 0.29) is 40.5 Å². The predicted octanol–water partition coefficient (Wildman–Crippen LogP) is 4.64. The summed E-state index contributed by atoms with van der Waals surface area (Å²) in [5.41, 5.74) is 0.690. The van der Waals surface area contributed by atoms with Crippen molar-refractivity contribution in [2.24, 2.45) is 0 Å². The molecule has 8 nitrogen and oxygen atoms in total. The van der Waals surface area contributed by atoms with E-state index in [9.17, 15) is 22.8 Å². The number of rotatable bonds is 6. The monoisotopic (exact) mass is 522 g/mol. The summed E-state index contributed by atoms with van der Waals surface area (Å²) in [5.74, 6) is -0.248. The fourth-order valence-corrected chi connectivity index (χ4v) is 4.34. The number of alkyl halides is 3. The Morgan fingerprint density at radius 1 is 1.14 bits per heavy atom. The van der Waals surface area contributed by atoms with E-state index in [0.717, 1.165) is 4.68 Å². The predicted molar refractivity (Wildman–Crippen MR) is 126 cm³/mol. The molecule has 36 heavy (non-hydrogen) atoms. The van der Waals surface area contributed by atoms with Gasteiger partial charge in [0.05, 0.1) is 48.4 Å². The molecule has 0 saturated carbocycles. The lowest BCUT2D eigenvalue weighted by molar-refractivity contribution is -0.143. The molecule has 2 amide bonds. The van der Waals surface area contributed by atoms with Crippen LogP contribution in [-0.4, -0.2) is 48.5 Å². The Morgan fingerprint density at radius 3 is 2.53 bits per heavy atom. The highest BCUT2D eigenvalue weighted by Crippen LogP contribution is 2.37. The average Bonchev–Trinajstić information content (AvgIpc) is 3.26. The SMILES string of the molecule is COc1ccc(C(=O)N2CCC(NC(=O)c3ccccc3Cl)c3c2cnn3CC(F)(F)F)cc1OC. The second-order valence-corrected chi connectivity index (χ2v) is 8.42. The number of aromatic nitrogens is 2. The van der Waals surface area contributed by atoms with Gasteiger partial charge in [0.1, 0.15) is 6.54 Å². The molecule has 1 atom stereocenters. The molecule has 12 heteroatoms. The lowest BCUT2D eigenvalue weighted by Gasteiger charge is -2.33. The number of amides is 2. The number of carbonyl (C=O) groups excluding carboxylic acids is 2. The first-order chi connectivity index (χ1) is 17.1. The molecular weight excluding hydrogens is 501 g/mol. The summed E-state index contributed by atoms with van der Waals surface area (Å²) in [5, 5.41) is 6.86. The normalized spacial score (nSPS) is 15.3. The molecule has 1 N–H and O–H groups in total. The number of ether oxygens (including phenoxy) is 2. The lowest BCUT2D eigenvalue weighted by Crippen LogP contribution is -2.42. The molecule has 190 valence electrons. The average molecular weight is 523 g/mol. The van der Waals surface area contributed by atoms with Crippen LogP contribution in [0.4, 0.5) is 18.9 Å². The highest BCUT2D eigenvalue weighted by molar-refractivity contribution is 6.33. The molecule has 2 aromatic carbocycles. The van der Waals surface area contributed by atoms with Crippen LogP contribution < -0.4 is 19.7 Å². The molecular formula is C24H22ClF3N4O4. The minimum Gasteiger partial charge on any atom is -0.493 e. The van der Waals surface area contributed by atoms with E-state index in [4.69, 9.17) is 21.1 Å². The number of fused-ring (bicyclic) bond motifs is 1. The van der Waals surface area contributed by atoms with Crippen LogP contribution in [0.15, 0.2) is 48.7 Å². The van der Waals surface area contributed by atoms with E-state index < -0.39 is 30.6 Å². The fourth-order valence-electron chi connectivity index (χ4n) is 4.12. The van der Waals surface area contributed by atoms with E-state index in [0.29, 0.717) is 11.5 Å². The van der Waals surface area contributed by atoms with E-state index in [1.165, 1.54) is 43.5 Å². The summed E-state index contributed by atoms with van der Waals surface area (Å²) in [6.07, 6.45) is -3.20. The van der Waals surface area contributed by atoms with Crippen molar-refractivity contribution in [3.8, 4) is 11.5 Å². The quantitative estimate of drug-likeness (QED) is 0.510. The smallest absolute Gasteiger partial charge is 0.408 e. The van der Waals surface area contributed by atoms with Crippen LogP contribution in [-0.2, 0) is 6.54 Å². The van der Waals surface area contributed by atoms with Crippen molar-refractivity contribution in [1.29, 1.82) is 0 Å². The van der Waals surface area contributed by atoms with Crippen molar-refractivity contribution in [3.05, 3.63) is 70.5 Å². The zero-order chi connectivity index (χ0) is 26.0. The zero-order valence-corrected chi connectivity index (χ0v) is 20.1. The minimum absolute atomic E-state index is 0.0767. The lowest BCUT2D eigenvalue weighted by atomic mass is 10.0. The van der Waals surface area contributed by atoms with Gasteiger partial charge in [-0.1, -0.05) is 23.7 Å². The number of hydrogen-bond donors (Lipinski definition) is 1. The van der Waals surface area contributed by atoms with E-state index in [2.05, 4.69) is 10.4 Å². The molecule has 4 rings (SSSR count). The molecule has 0 saturated heterocycles. The number of nitrogens with zero attached hydrogens (tertiary/aromatic N) is 3. The van der Waals surface area contributed by atoms with E-state index in [1.807, 2.05) is 0 Å². The molecule has 0 aliphatic carbocycles. The number of methoxy groups -OCH3 is 2. The van der Waals surface area contributed by atoms with E-state index in [1.54, 1.807) is 24.3 Å². The maximum Gasteiger partial charge on any atom is 0.408 e. The van der Waals surface area contributed by atoms with Crippen molar-refractivity contribution >= 4 is 29.1 Å². The van der Waals surface area contributed by atoms with Gasteiger partial charge in [0.15, 0.2) is 11.5 Å². The van der Waals surface area contributed by atoms with Crippen LogP contribution >= 0.6 is 11.6 Å². The largest absolute Gasteiger partial charge is 0.493 e. The summed E-state index contributed by atoms with van der Waals surface area (Å²) in [6, 6.07) is 10.1. The van der Waals surface area contributed by atoms with Crippen molar-refractivity contribution in [1.82, 2.24) is 15.1 Å². The Labute approximate surface area is 209 Å². The number of carbonyl (C=O) groups is 2. The number of benzene rings is 2. The summed E-state index contributed by atoms with van der Waals surface area (Å²) < 4.78 is 51.1. The van der Waals surface area contributed by atoms with Crippen LogP contribution in [0.2, 0.25) is 5.02 Å². The minimum atomic E-state index is -4.56. The van der Waals surface area contributed by atoms with Gasteiger partial charge >= 0.3 is 6.18 Å². The van der Waals surface area contributed by atoms with Gasteiger partial charge in [-0.2, -0.15) is 18.3 Å². The Hall–Kier alpha value is -3.73. The number of hydrogen-bond acceptors (Lipinski definition) is 5. The third kappa shape index (κ3) is 5.11. The summed E-state index contributed by atoms with van der Waals surface area (Å²) >= 11 is 6.11. The van der Waals surface area contributed by atoms with Crippen molar-refractivity contribution < 1.29 is 32.2 Å². The van der Waals surface area contributed by atoms with E-state index >= 15 is 0 Å².